The van der Waals surface area contributed by atoms with Crippen molar-refractivity contribution in [3.8, 4) is 0 Å². The monoisotopic (exact) mass is 436 g/mol. The molecular formula is C27H48O4. The topological polar surface area (TPSA) is 52.6 Å². The Hall–Kier alpha value is -1.06. The summed E-state index contributed by atoms with van der Waals surface area (Å²) in [6.07, 6.45) is 23.1. The van der Waals surface area contributed by atoms with Gasteiger partial charge >= 0.3 is 11.9 Å². The van der Waals surface area contributed by atoms with Crippen molar-refractivity contribution in [2.24, 2.45) is 11.8 Å². The van der Waals surface area contributed by atoms with Crippen LogP contribution in [-0.4, -0.2) is 24.6 Å². The third kappa shape index (κ3) is 11.4. The quantitative estimate of drug-likeness (QED) is 0.197. The van der Waals surface area contributed by atoms with Crippen molar-refractivity contribution in [3.05, 3.63) is 0 Å². The Morgan fingerprint density at radius 3 is 1.65 bits per heavy atom. The molecule has 180 valence electrons. The van der Waals surface area contributed by atoms with E-state index in [4.69, 9.17) is 9.47 Å². The molecule has 0 radical (unpaired) electrons. The van der Waals surface area contributed by atoms with Crippen LogP contribution >= 0.6 is 0 Å². The van der Waals surface area contributed by atoms with Crippen LogP contribution in [0.15, 0.2) is 0 Å². The molecule has 0 spiro atoms. The van der Waals surface area contributed by atoms with Gasteiger partial charge in [-0.05, 0) is 57.8 Å². The second-order valence-electron chi connectivity index (χ2n) is 9.95. The predicted octanol–water partition coefficient (Wildman–Crippen LogP) is 7.52. The van der Waals surface area contributed by atoms with Gasteiger partial charge in [0.15, 0.2) is 0 Å². The highest BCUT2D eigenvalue weighted by molar-refractivity contribution is 5.75. The van der Waals surface area contributed by atoms with Gasteiger partial charge in [-0.2, -0.15) is 0 Å². The van der Waals surface area contributed by atoms with Crippen molar-refractivity contribution in [2.75, 3.05) is 6.61 Å². The molecule has 0 saturated heterocycles. The van der Waals surface area contributed by atoms with Crippen LogP contribution in [0.2, 0.25) is 0 Å². The van der Waals surface area contributed by atoms with Crippen LogP contribution in [0, 0.1) is 11.8 Å². The standard InChI is InChI=1S/C27H48O4/c1-2-3-4-5-6-7-8-9-10-11-15-22-30-26(28)23-18-20-24(21-19-23)27(29)31-25-16-13-12-14-17-25/h23-25H,2-22H2,1H3. The van der Waals surface area contributed by atoms with Crippen LogP contribution in [0.3, 0.4) is 0 Å². The van der Waals surface area contributed by atoms with Crippen LogP contribution in [0.25, 0.3) is 0 Å². The Balaban J connectivity index is 1.43. The van der Waals surface area contributed by atoms with Gasteiger partial charge in [0, 0.05) is 0 Å². The molecule has 0 aliphatic heterocycles. The molecule has 4 heteroatoms. The van der Waals surface area contributed by atoms with Gasteiger partial charge in [-0.25, -0.2) is 0 Å². The Bertz CT molecular complexity index is 476. The summed E-state index contributed by atoms with van der Waals surface area (Å²) >= 11 is 0. The first-order valence-corrected chi connectivity index (χ1v) is 13.6. The first-order valence-electron chi connectivity index (χ1n) is 13.6. The van der Waals surface area contributed by atoms with Gasteiger partial charge in [0.05, 0.1) is 18.4 Å². The highest BCUT2D eigenvalue weighted by Crippen LogP contribution is 2.32. The Morgan fingerprint density at radius 1 is 0.613 bits per heavy atom. The number of esters is 2. The molecule has 2 saturated carbocycles. The molecule has 2 aliphatic carbocycles. The SMILES string of the molecule is CCCCCCCCCCCCCOC(=O)C1CCC(C(=O)OC2CCCCC2)CC1. The minimum Gasteiger partial charge on any atom is -0.465 e. The molecule has 2 fully saturated rings. The minimum atomic E-state index is -0.0498. The number of ether oxygens (including phenoxy) is 2. The molecule has 4 nitrogen and oxygen atoms in total. The molecule has 0 unspecified atom stereocenters. The summed E-state index contributed by atoms with van der Waals surface area (Å²) < 4.78 is 11.2. The van der Waals surface area contributed by atoms with Crippen LogP contribution in [0.1, 0.15) is 135 Å². The third-order valence-electron chi connectivity index (χ3n) is 7.22. The van der Waals surface area contributed by atoms with E-state index in [1.165, 1.54) is 77.0 Å². The number of carbonyl (C=O) groups excluding carboxylic acids is 2. The largest absolute Gasteiger partial charge is 0.465 e. The Kier molecular flexibility index (Phi) is 14.0. The van der Waals surface area contributed by atoms with Gasteiger partial charge in [-0.3, -0.25) is 9.59 Å². The predicted molar refractivity (Wildman–Crippen MR) is 126 cm³/mol. The maximum absolute atomic E-state index is 12.4. The van der Waals surface area contributed by atoms with E-state index >= 15 is 0 Å². The summed E-state index contributed by atoms with van der Waals surface area (Å²) in [6.45, 7) is 2.82. The molecule has 0 aromatic heterocycles. The molecule has 0 heterocycles. The molecule has 0 N–H and O–H groups in total. The molecule has 31 heavy (non-hydrogen) atoms. The normalized spacial score (nSPS) is 22.2. The molecule has 2 rings (SSSR count). The van der Waals surface area contributed by atoms with Crippen molar-refractivity contribution < 1.29 is 19.1 Å². The second-order valence-corrected chi connectivity index (χ2v) is 9.95. The van der Waals surface area contributed by atoms with Crippen molar-refractivity contribution in [3.63, 3.8) is 0 Å². The summed E-state index contributed by atoms with van der Waals surface area (Å²) in [5.74, 6) is -0.116. The first kappa shape index (κ1) is 26.2. The van der Waals surface area contributed by atoms with E-state index in [9.17, 15) is 9.59 Å². The summed E-state index contributed by atoms with van der Waals surface area (Å²) in [7, 11) is 0. The van der Waals surface area contributed by atoms with E-state index < -0.39 is 0 Å². The molecule has 0 atom stereocenters. The smallest absolute Gasteiger partial charge is 0.309 e. The lowest BCUT2D eigenvalue weighted by Gasteiger charge is -2.28. The third-order valence-corrected chi connectivity index (χ3v) is 7.22. The fourth-order valence-electron chi connectivity index (χ4n) is 5.07. The molecule has 2 aliphatic rings. The van der Waals surface area contributed by atoms with E-state index in [1.54, 1.807) is 0 Å². The van der Waals surface area contributed by atoms with Crippen molar-refractivity contribution >= 4 is 11.9 Å². The lowest BCUT2D eigenvalue weighted by Crippen LogP contribution is -2.31. The molecule has 0 bridgehead atoms. The summed E-state index contributed by atoms with van der Waals surface area (Å²) in [5, 5.41) is 0. The van der Waals surface area contributed by atoms with Crippen LogP contribution in [0.4, 0.5) is 0 Å². The van der Waals surface area contributed by atoms with Gasteiger partial charge in [-0.15, -0.1) is 0 Å². The van der Waals surface area contributed by atoms with Gasteiger partial charge in [0.25, 0.3) is 0 Å². The number of unbranched alkanes of at least 4 members (excludes halogenated alkanes) is 10. The Morgan fingerprint density at radius 2 is 1.10 bits per heavy atom. The van der Waals surface area contributed by atoms with Crippen molar-refractivity contribution in [1.29, 1.82) is 0 Å². The summed E-state index contributed by atoms with van der Waals surface area (Å²) in [5.41, 5.74) is 0. The molecular weight excluding hydrogens is 388 g/mol. The highest BCUT2D eigenvalue weighted by atomic mass is 16.5. The van der Waals surface area contributed by atoms with E-state index in [-0.39, 0.29) is 29.9 Å². The molecule has 0 amide bonds. The van der Waals surface area contributed by atoms with Crippen LogP contribution in [-0.2, 0) is 19.1 Å². The summed E-state index contributed by atoms with van der Waals surface area (Å²) in [4.78, 5) is 24.7. The van der Waals surface area contributed by atoms with Gasteiger partial charge in [0.1, 0.15) is 6.10 Å². The van der Waals surface area contributed by atoms with Crippen molar-refractivity contribution in [1.82, 2.24) is 0 Å². The van der Waals surface area contributed by atoms with E-state index in [0.717, 1.165) is 51.4 Å². The van der Waals surface area contributed by atoms with Gasteiger partial charge < -0.3 is 9.47 Å². The van der Waals surface area contributed by atoms with E-state index in [1.807, 2.05) is 0 Å². The number of hydrogen-bond acceptors (Lipinski definition) is 4. The highest BCUT2D eigenvalue weighted by Gasteiger charge is 2.32. The lowest BCUT2D eigenvalue weighted by molar-refractivity contribution is -0.159. The zero-order valence-electron chi connectivity index (χ0n) is 20.2. The fraction of sp³-hybridized carbons (Fsp3) is 0.926. The number of hydrogen-bond donors (Lipinski definition) is 0. The van der Waals surface area contributed by atoms with Gasteiger partial charge in [-0.1, -0.05) is 77.6 Å². The molecule has 0 aromatic rings. The minimum absolute atomic E-state index is 0.0161. The van der Waals surface area contributed by atoms with Crippen molar-refractivity contribution in [2.45, 2.75) is 141 Å². The average molecular weight is 437 g/mol. The Labute approximate surface area is 191 Å². The maximum atomic E-state index is 12.4. The van der Waals surface area contributed by atoms with Crippen LogP contribution in [0.5, 0.6) is 0 Å². The average Bonchev–Trinajstić information content (AvgIpc) is 2.80. The van der Waals surface area contributed by atoms with E-state index in [0.29, 0.717) is 6.61 Å². The molecule has 0 aromatic carbocycles. The summed E-state index contributed by atoms with van der Waals surface area (Å²) in [6, 6.07) is 0. The second kappa shape index (κ2) is 16.6. The fourth-order valence-corrected chi connectivity index (χ4v) is 5.07. The van der Waals surface area contributed by atoms with E-state index in [2.05, 4.69) is 6.92 Å². The first-order chi connectivity index (χ1) is 15.2. The zero-order valence-corrected chi connectivity index (χ0v) is 20.2. The zero-order chi connectivity index (χ0) is 22.2. The number of carbonyl (C=O) groups is 2. The van der Waals surface area contributed by atoms with Crippen LogP contribution < -0.4 is 0 Å². The number of rotatable bonds is 15. The maximum Gasteiger partial charge on any atom is 0.309 e. The van der Waals surface area contributed by atoms with Gasteiger partial charge in [0.2, 0.25) is 0 Å². The lowest BCUT2D eigenvalue weighted by atomic mass is 9.82.